The summed E-state index contributed by atoms with van der Waals surface area (Å²) in [5.41, 5.74) is 0. The molecule has 0 unspecified atom stereocenters. The van der Waals surface area contributed by atoms with Crippen molar-refractivity contribution in [2.75, 3.05) is 26.2 Å². The minimum Gasteiger partial charge on any atom is -0.481 e. The van der Waals surface area contributed by atoms with E-state index in [1.54, 1.807) is 0 Å². The first-order chi connectivity index (χ1) is 11.2. The molecule has 1 aliphatic heterocycles. The molecule has 0 bridgehead atoms. The summed E-state index contributed by atoms with van der Waals surface area (Å²) >= 11 is 0. The van der Waals surface area contributed by atoms with Gasteiger partial charge in [-0.25, -0.2) is 4.79 Å². The summed E-state index contributed by atoms with van der Waals surface area (Å²) in [7, 11) is 0. The number of carboxylic acids is 1. The van der Waals surface area contributed by atoms with E-state index in [4.69, 9.17) is 5.11 Å². The van der Waals surface area contributed by atoms with Crippen molar-refractivity contribution < 1.29 is 32.7 Å². The Kier molecular flexibility index (Phi) is 5.55. The molecule has 2 fully saturated rings. The highest BCUT2D eigenvalue weighted by molar-refractivity contribution is 5.85. The predicted octanol–water partition coefficient (Wildman–Crippen LogP) is 1.05. The van der Waals surface area contributed by atoms with Crippen molar-refractivity contribution in [3.63, 3.8) is 0 Å². The zero-order valence-corrected chi connectivity index (χ0v) is 13.0. The number of halogens is 3. The minimum absolute atomic E-state index is 0.0398. The summed E-state index contributed by atoms with van der Waals surface area (Å²) in [5, 5.41) is 11.7. The minimum atomic E-state index is -4.46. The lowest BCUT2D eigenvalue weighted by Crippen LogP contribution is -2.57. The molecule has 1 heterocycles. The van der Waals surface area contributed by atoms with E-state index >= 15 is 0 Å². The topological polar surface area (TPSA) is 89.9 Å². The zero-order valence-electron chi connectivity index (χ0n) is 13.0. The Balaban J connectivity index is 1.78. The molecule has 2 N–H and O–H groups in total. The number of piperazine rings is 1. The van der Waals surface area contributed by atoms with E-state index < -0.39 is 36.5 Å². The van der Waals surface area contributed by atoms with Crippen LogP contribution in [-0.2, 0) is 9.59 Å². The summed E-state index contributed by atoms with van der Waals surface area (Å²) in [5.74, 6) is -1.97. The van der Waals surface area contributed by atoms with Gasteiger partial charge in [0.2, 0.25) is 5.91 Å². The van der Waals surface area contributed by atoms with Gasteiger partial charge < -0.3 is 20.2 Å². The first-order valence-electron chi connectivity index (χ1n) is 7.78. The molecule has 1 aliphatic carbocycles. The van der Waals surface area contributed by atoms with Crippen LogP contribution in [0.15, 0.2) is 0 Å². The third-order valence-electron chi connectivity index (χ3n) is 4.38. The summed E-state index contributed by atoms with van der Waals surface area (Å²) in [6.07, 6.45) is -2.45. The SMILES string of the molecule is O=C(O)C1CCC(NC(=O)N2CCN(CC(F)(F)F)C(=O)C2)CC1. The fourth-order valence-corrected chi connectivity index (χ4v) is 3.02. The van der Waals surface area contributed by atoms with Gasteiger partial charge in [0.25, 0.3) is 0 Å². The summed E-state index contributed by atoms with van der Waals surface area (Å²) in [6, 6.07) is -0.662. The lowest BCUT2D eigenvalue weighted by Gasteiger charge is -2.36. The average Bonchev–Trinajstić information content (AvgIpc) is 2.48. The average molecular weight is 351 g/mol. The standard InChI is InChI=1S/C14H20F3N3O4/c15-14(16,17)8-20-6-5-19(7-11(20)21)13(24)18-10-3-1-9(2-4-10)12(22)23/h9-10H,1-8H2,(H,18,24)(H,22,23). The lowest BCUT2D eigenvalue weighted by molar-refractivity contribution is -0.164. The van der Waals surface area contributed by atoms with Crippen molar-refractivity contribution in [1.29, 1.82) is 0 Å². The molecule has 10 heteroatoms. The molecule has 0 aromatic heterocycles. The third-order valence-corrected chi connectivity index (χ3v) is 4.38. The molecular weight excluding hydrogens is 331 g/mol. The van der Waals surface area contributed by atoms with Gasteiger partial charge in [-0.1, -0.05) is 0 Å². The third kappa shape index (κ3) is 5.00. The van der Waals surface area contributed by atoms with Crippen molar-refractivity contribution >= 4 is 17.9 Å². The smallest absolute Gasteiger partial charge is 0.406 e. The van der Waals surface area contributed by atoms with Crippen LogP contribution in [-0.4, -0.2) is 71.2 Å². The molecule has 0 atom stereocenters. The van der Waals surface area contributed by atoms with Crippen molar-refractivity contribution in [1.82, 2.24) is 15.1 Å². The van der Waals surface area contributed by atoms with Gasteiger partial charge in [-0.05, 0) is 25.7 Å². The number of carbonyl (C=O) groups excluding carboxylic acids is 2. The number of nitrogens with zero attached hydrogens (tertiary/aromatic N) is 2. The van der Waals surface area contributed by atoms with Gasteiger partial charge in [0.1, 0.15) is 13.1 Å². The van der Waals surface area contributed by atoms with Crippen LogP contribution in [0.1, 0.15) is 25.7 Å². The maximum Gasteiger partial charge on any atom is 0.406 e. The Hall–Kier alpha value is -2.00. The molecular formula is C14H20F3N3O4. The molecule has 1 saturated carbocycles. The van der Waals surface area contributed by atoms with Crippen LogP contribution in [0.25, 0.3) is 0 Å². The quantitative estimate of drug-likeness (QED) is 0.795. The van der Waals surface area contributed by atoms with E-state index in [0.29, 0.717) is 30.6 Å². The fraction of sp³-hybridized carbons (Fsp3) is 0.786. The van der Waals surface area contributed by atoms with Gasteiger partial charge in [-0.3, -0.25) is 9.59 Å². The molecule has 1 saturated heterocycles. The first kappa shape index (κ1) is 18.3. The van der Waals surface area contributed by atoms with E-state index in [1.807, 2.05) is 0 Å². The van der Waals surface area contributed by atoms with Crippen LogP contribution >= 0.6 is 0 Å². The molecule has 2 aliphatic rings. The highest BCUT2D eigenvalue weighted by atomic mass is 19.4. The molecule has 0 radical (unpaired) electrons. The van der Waals surface area contributed by atoms with Crippen LogP contribution in [0, 0.1) is 5.92 Å². The molecule has 0 spiro atoms. The van der Waals surface area contributed by atoms with Crippen LogP contribution < -0.4 is 5.32 Å². The number of alkyl halides is 3. The van der Waals surface area contributed by atoms with E-state index in [2.05, 4.69) is 5.32 Å². The number of amides is 3. The van der Waals surface area contributed by atoms with Gasteiger partial charge in [0.15, 0.2) is 0 Å². The number of hydrogen-bond donors (Lipinski definition) is 2. The van der Waals surface area contributed by atoms with Crippen LogP contribution in [0.3, 0.4) is 0 Å². The highest BCUT2D eigenvalue weighted by Gasteiger charge is 2.36. The van der Waals surface area contributed by atoms with E-state index in [9.17, 15) is 27.6 Å². The largest absolute Gasteiger partial charge is 0.481 e. The lowest BCUT2D eigenvalue weighted by atomic mass is 9.86. The van der Waals surface area contributed by atoms with Crippen LogP contribution in [0.2, 0.25) is 0 Å². The first-order valence-corrected chi connectivity index (χ1v) is 7.78. The van der Waals surface area contributed by atoms with Crippen molar-refractivity contribution in [3.05, 3.63) is 0 Å². The second-order valence-corrected chi connectivity index (χ2v) is 6.19. The number of nitrogens with one attached hydrogen (secondary N) is 1. The Morgan fingerprint density at radius 2 is 1.79 bits per heavy atom. The number of carbonyl (C=O) groups is 3. The molecule has 2 rings (SSSR count). The van der Waals surface area contributed by atoms with Crippen molar-refractivity contribution in [2.24, 2.45) is 5.92 Å². The highest BCUT2D eigenvalue weighted by Crippen LogP contribution is 2.24. The van der Waals surface area contributed by atoms with E-state index in [0.717, 1.165) is 0 Å². The van der Waals surface area contributed by atoms with Crippen LogP contribution in [0.5, 0.6) is 0 Å². The summed E-state index contributed by atoms with van der Waals surface area (Å²) in [4.78, 5) is 36.6. The summed E-state index contributed by atoms with van der Waals surface area (Å²) < 4.78 is 37.0. The zero-order chi connectivity index (χ0) is 17.9. The fourth-order valence-electron chi connectivity index (χ4n) is 3.02. The van der Waals surface area contributed by atoms with Gasteiger partial charge in [0, 0.05) is 19.1 Å². The normalized spacial score (nSPS) is 25.5. The molecule has 0 aromatic carbocycles. The van der Waals surface area contributed by atoms with Gasteiger partial charge in [-0.2, -0.15) is 13.2 Å². The molecule has 7 nitrogen and oxygen atoms in total. The van der Waals surface area contributed by atoms with E-state index in [1.165, 1.54) is 4.90 Å². The molecule has 24 heavy (non-hydrogen) atoms. The van der Waals surface area contributed by atoms with Gasteiger partial charge >= 0.3 is 18.2 Å². The number of urea groups is 1. The summed E-state index contributed by atoms with van der Waals surface area (Å²) in [6.45, 7) is -1.80. The molecule has 136 valence electrons. The Bertz CT molecular complexity index is 504. The number of carboxylic acid groups (broad SMARTS) is 1. The van der Waals surface area contributed by atoms with Crippen LogP contribution in [0.4, 0.5) is 18.0 Å². The molecule has 3 amide bonds. The molecule has 0 aromatic rings. The predicted molar refractivity (Wildman–Crippen MR) is 76.1 cm³/mol. The monoisotopic (exact) mass is 351 g/mol. The second kappa shape index (κ2) is 7.27. The van der Waals surface area contributed by atoms with Gasteiger partial charge in [0.05, 0.1) is 5.92 Å². The Labute approximate surface area is 136 Å². The Morgan fingerprint density at radius 1 is 1.17 bits per heavy atom. The van der Waals surface area contributed by atoms with Crippen molar-refractivity contribution in [2.45, 2.75) is 37.9 Å². The maximum absolute atomic E-state index is 12.3. The van der Waals surface area contributed by atoms with E-state index in [-0.39, 0.29) is 25.7 Å². The van der Waals surface area contributed by atoms with Gasteiger partial charge in [-0.15, -0.1) is 0 Å². The number of aliphatic carboxylic acids is 1. The Morgan fingerprint density at radius 3 is 2.29 bits per heavy atom. The second-order valence-electron chi connectivity index (χ2n) is 6.19. The number of hydrogen-bond acceptors (Lipinski definition) is 3. The van der Waals surface area contributed by atoms with Crippen molar-refractivity contribution in [3.8, 4) is 0 Å². The maximum atomic E-state index is 12.3. The number of rotatable bonds is 3.